The van der Waals surface area contributed by atoms with Gasteiger partial charge in [-0.25, -0.2) is 0 Å². The van der Waals surface area contributed by atoms with Crippen LogP contribution in [-0.2, 0) is 28.6 Å². The minimum atomic E-state index is -0.789. The highest BCUT2D eigenvalue weighted by atomic mass is 16.6. The summed E-state index contributed by atoms with van der Waals surface area (Å²) in [5, 5.41) is 0. The third kappa shape index (κ3) is 56.3. The summed E-state index contributed by atoms with van der Waals surface area (Å²) in [6.45, 7) is 6.44. The Morgan fingerprint density at radius 3 is 0.871 bits per heavy atom. The maximum Gasteiger partial charge on any atom is 0.306 e. The topological polar surface area (TPSA) is 78.9 Å². The highest BCUT2D eigenvalue weighted by molar-refractivity contribution is 5.71. The number of ether oxygens (including phenoxy) is 3. The SMILES string of the molecule is CC/C=C\C/C=C\C/C=C\C/C=C\CCCCC(=O)OC(COC(=O)CCCCCCC)COC(=O)CCCCCCCCCCCCCCCCCCCCCCCCCCCCCCCCCC. The van der Waals surface area contributed by atoms with Crippen LogP contribution in [0, 0.1) is 0 Å². The molecule has 1 unspecified atom stereocenters. The van der Waals surface area contributed by atoms with Crippen molar-refractivity contribution in [1.29, 1.82) is 0 Å². The van der Waals surface area contributed by atoms with Gasteiger partial charge in [-0.1, -0.05) is 294 Å². The van der Waals surface area contributed by atoms with Crippen LogP contribution >= 0.6 is 0 Å². The molecule has 6 heteroatoms. The van der Waals surface area contributed by atoms with Crippen LogP contribution in [-0.4, -0.2) is 37.2 Å². The minimum absolute atomic E-state index is 0.0874. The number of esters is 3. The summed E-state index contributed by atoms with van der Waals surface area (Å²) in [5.74, 6) is -0.932. The molecule has 0 aliphatic rings. The molecule has 0 aromatic heterocycles. The molecule has 0 aromatic rings. The molecule has 0 aromatic carbocycles. The molecule has 0 saturated carbocycles. The van der Waals surface area contributed by atoms with E-state index in [9.17, 15) is 14.4 Å². The summed E-state index contributed by atoms with van der Waals surface area (Å²) in [4.78, 5) is 37.7. The number of hydrogen-bond donors (Lipinski definition) is 0. The predicted molar refractivity (Wildman–Crippen MR) is 302 cm³/mol. The summed E-state index contributed by atoms with van der Waals surface area (Å²) in [5.41, 5.74) is 0. The molecule has 0 heterocycles. The van der Waals surface area contributed by atoms with Gasteiger partial charge in [0.2, 0.25) is 0 Å². The first-order chi connectivity index (χ1) is 34.5. The second-order valence-corrected chi connectivity index (χ2v) is 20.6. The second kappa shape index (κ2) is 58.9. The molecule has 0 aliphatic carbocycles. The smallest absolute Gasteiger partial charge is 0.306 e. The molecule has 408 valence electrons. The van der Waals surface area contributed by atoms with E-state index >= 15 is 0 Å². The van der Waals surface area contributed by atoms with Crippen LogP contribution in [0.25, 0.3) is 0 Å². The normalized spacial score (nSPS) is 12.3. The van der Waals surface area contributed by atoms with Crippen LogP contribution in [0.1, 0.15) is 323 Å². The van der Waals surface area contributed by atoms with Gasteiger partial charge >= 0.3 is 17.9 Å². The van der Waals surface area contributed by atoms with Crippen molar-refractivity contribution < 1.29 is 28.6 Å². The molecule has 6 nitrogen and oxygen atoms in total. The van der Waals surface area contributed by atoms with Crippen molar-refractivity contribution in [1.82, 2.24) is 0 Å². The lowest BCUT2D eigenvalue weighted by atomic mass is 10.0. The van der Waals surface area contributed by atoms with E-state index in [0.717, 1.165) is 83.5 Å². The van der Waals surface area contributed by atoms with E-state index in [-0.39, 0.29) is 37.5 Å². The van der Waals surface area contributed by atoms with Gasteiger partial charge in [-0.2, -0.15) is 0 Å². The van der Waals surface area contributed by atoms with E-state index in [0.29, 0.717) is 19.3 Å². The fourth-order valence-corrected chi connectivity index (χ4v) is 9.02. The van der Waals surface area contributed by atoms with Crippen LogP contribution in [0.5, 0.6) is 0 Å². The van der Waals surface area contributed by atoms with Gasteiger partial charge < -0.3 is 14.2 Å². The van der Waals surface area contributed by atoms with Gasteiger partial charge in [0.05, 0.1) is 0 Å². The summed E-state index contributed by atoms with van der Waals surface area (Å²) < 4.78 is 16.7. The molecule has 0 N–H and O–H groups in total. The standard InChI is InChI=1S/C64H116O6/c1-4-7-10-13-15-17-19-21-23-24-25-26-27-28-29-30-31-32-33-34-35-36-37-38-39-41-42-44-46-48-51-54-57-63(66)69-60-61(59-68-62(65)56-53-50-12-9-6-3)70-64(67)58-55-52-49-47-45-43-40-22-20-18-16-14-11-8-5-2/h8,11,16,18,22,40,45,47,61H,4-7,9-10,12-15,17,19-21,23-39,41-44,46,48-60H2,1-3H3/b11-8-,18-16-,40-22-,47-45-. The Hall–Kier alpha value is -2.63. The number of rotatable bonds is 56. The lowest BCUT2D eigenvalue weighted by molar-refractivity contribution is -0.167. The molecule has 0 aliphatic heterocycles. The third-order valence-corrected chi connectivity index (χ3v) is 13.6. The van der Waals surface area contributed by atoms with Crippen molar-refractivity contribution >= 4 is 17.9 Å². The van der Waals surface area contributed by atoms with E-state index in [4.69, 9.17) is 14.2 Å². The molecule has 1 atom stereocenters. The van der Waals surface area contributed by atoms with E-state index < -0.39 is 6.10 Å². The molecule has 0 rings (SSSR count). The summed E-state index contributed by atoms with van der Waals surface area (Å²) in [6.07, 6.45) is 73.4. The lowest BCUT2D eigenvalue weighted by Crippen LogP contribution is -2.30. The second-order valence-electron chi connectivity index (χ2n) is 20.6. The highest BCUT2D eigenvalue weighted by Crippen LogP contribution is 2.18. The predicted octanol–water partition coefficient (Wildman–Crippen LogP) is 20.6. The zero-order valence-electron chi connectivity index (χ0n) is 46.8. The Morgan fingerprint density at radius 1 is 0.300 bits per heavy atom. The van der Waals surface area contributed by atoms with E-state index in [1.54, 1.807) is 0 Å². The number of unbranched alkanes of at least 4 members (excludes halogenated alkanes) is 37. The monoisotopic (exact) mass is 981 g/mol. The Bertz CT molecular complexity index is 1220. The molecule has 0 saturated heterocycles. The van der Waals surface area contributed by atoms with Gasteiger partial charge in [0.1, 0.15) is 13.2 Å². The Kier molecular flexibility index (Phi) is 56.7. The van der Waals surface area contributed by atoms with Crippen LogP contribution in [0.3, 0.4) is 0 Å². The minimum Gasteiger partial charge on any atom is -0.462 e. The average Bonchev–Trinajstić information content (AvgIpc) is 3.36. The summed E-state index contributed by atoms with van der Waals surface area (Å²) in [6, 6.07) is 0. The lowest BCUT2D eigenvalue weighted by Gasteiger charge is -2.18. The maximum absolute atomic E-state index is 12.7. The number of allylic oxidation sites excluding steroid dienone is 8. The van der Waals surface area contributed by atoms with Gasteiger partial charge in [0.25, 0.3) is 0 Å². The first-order valence-electron chi connectivity index (χ1n) is 30.6. The van der Waals surface area contributed by atoms with Crippen molar-refractivity contribution in [2.24, 2.45) is 0 Å². The van der Waals surface area contributed by atoms with Crippen molar-refractivity contribution in [3.63, 3.8) is 0 Å². The first kappa shape index (κ1) is 67.4. The fourth-order valence-electron chi connectivity index (χ4n) is 9.02. The molecule has 70 heavy (non-hydrogen) atoms. The maximum atomic E-state index is 12.7. The van der Waals surface area contributed by atoms with Crippen LogP contribution < -0.4 is 0 Å². The van der Waals surface area contributed by atoms with Gasteiger partial charge in [-0.15, -0.1) is 0 Å². The molecule has 0 fully saturated rings. The Balaban J connectivity index is 3.91. The molecular weight excluding hydrogens is 865 g/mol. The largest absolute Gasteiger partial charge is 0.462 e. The van der Waals surface area contributed by atoms with Crippen molar-refractivity contribution in [2.75, 3.05) is 13.2 Å². The van der Waals surface area contributed by atoms with Gasteiger partial charge in [-0.05, 0) is 57.8 Å². The zero-order valence-corrected chi connectivity index (χ0v) is 46.8. The van der Waals surface area contributed by atoms with Gasteiger partial charge in [0.15, 0.2) is 6.10 Å². The van der Waals surface area contributed by atoms with Crippen molar-refractivity contribution in [3.05, 3.63) is 48.6 Å². The third-order valence-electron chi connectivity index (χ3n) is 13.6. The average molecular weight is 982 g/mol. The Labute approximate surface area is 435 Å². The van der Waals surface area contributed by atoms with E-state index in [1.165, 1.54) is 193 Å². The Morgan fingerprint density at radius 2 is 0.557 bits per heavy atom. The van der Waals surface area contributed by atoms with E-state index in [2.05, 4.69) is 69.4 Å². The number of carbonyl (C=O) groups is 3. The van der Waals surface area contributed by atoms with Crippen LogP contribution in [0.15, 0.2) is 48.6 Å². The summed E-state index contributed by atoms with van der Waals surface area (Å²) >= 11 is 0. The molecular formula is C64H116O6. The fraction of sp³-hybridized carbons (Fsp3) is 0.828. The van der Waals surface area contributed by atoms with Gasteiger partial charge in [-0.3, -0.25) is 14.4 Å². The first-order valence-corrected chi connectivity index (χ1v) is 30.6. The zero-order chi connectivity index (χ0) is 50.7. The van der Waals surface area contributed by atoms with Gasteiger partial charge in [0, 0.05) is 19.3 Å². The number of carbonyl (C=O) groups excluding carboxylic acids is 3. The highest BCUT2D eigenvalue weighted by Gasteiger charge is 2.19. The van der Waals surface area contributed by atoms with E-state index in [1.807, 2.05) is 0 Å². The van der Waals surface area contributed by atoms with Crippen LogP contribution in [0.2, 0.25) is 0 Å². The van der Waals surface area contributed by atoms with Crippen LogP contribution in [0.4, 0.5) is 0 Å². The molecule has 0 spiro atoms. The number of hydrogen-bond acceptors (Lipinski definition) is 6. The molecule has 0 bridgehead atoms. The molecule has 0 radical (unpaired) electrons. The molecule has 0 amide bonds. The van der Waals surface area contributed by atoms with Crippen molar-refractivity contribution in [3.8, 4) is 0 Å². The quantitative estimate of drug-likeness (QED) is 0.0261. The van der Waals surface area contributed by atoms with Crippen molar-refractivity contribution in [2.45, 2.75) is 329 Å². The summed E-state index contributed by atoms with van der Waals surface area (Å²) in [7, 11) is 0.